The predicted molar refractivity (Wildman–Crippen MR) is 115 cm³/mol. The molecule has 1 amide bonds. The quantitative estimate of drug-likeness (QED) is 0.395. The number of amides is 1. The minimum Gasteiger partial charge on any atom is -0.451 e. The van der Waals surface area contributed by atoms with Crippen LogP contribution >= 0.6 is 11.3 Å². The zero-order chi connectivity index (χ0) is 19.8. The molecule has 0 bridgehead atoms. The number of aromatic nitrogens is 2. The second-order valence-corrected chi connectivity index (χ2v) is 7.88. The Bertz CT molecular complexity index is 1290. The number of thiazole rings is 1. The zero-order valence-electron chi connectivity index (χ0n) is 15.7. The lowest BCUT2D eigenvalue weighted by atomic mass is 10.2. The molecule has 0 fully saturated rings. The number of para-hydroxylation sites is 1. The number of pyridine rings is 1. The molecule has 0 radical (unpaired) electrons. The fourth-order valence-corrected chi connectivity index (χ4v) is 4.32. The van der Waals surface area contributed by atoms with Gasteiger partial charge in [-0.05, 0) is 48.4 Å². The Morgan fingerprint density at radius 3 is 2.83 bits per heavy atom. The fraction of sp³-hybridized carbons (Fsp3) is 0.0870. The van der Waals surface area contributed by atoms with Gasteiger partial charge in [0.25, 0.3) is 5.91 Å². The van der Waals surface area contributed by atoms with E-state index in [0.717, 1.165) is 26.7 Å². The van der Waals surface area contributed by atoms with Crippen LogP contribution in [0.1, 0.15) is 21.7 Å². The summed E-state index contributed by atoms with van der Waals surface area (Å²) in [6.07, 6.45) is 3.48. The van der Waals surface area contributed by atoms with E-state index < -0.39 is 0 Å². The van der Waals surface area contributed by atoms with Crippen molar-refractivity contribution in [1.29, 1.82) is 0 Å². The number of benzene rings is 2. The van der Waals surface area contributed by atoms with E-state index >= 15 is 0 Å². The lowest BCUT2D eigenvalue weighted by Crippen LogP contribution is -2.30. The third-order valence-corrected chi connectivity index (χ3v) is 5.75. The van der Waals surface area contributed by atoms with E-state index in [1.807, 2.05) is 55.5 Å². The average molecular weight is 399 g/mol. The van der Waals surface area contributed by atoms with Crippen molar-refractivity contribution in [2.75, 3.05) is 4.90 Å². The Morgan fingerprint density at radius 2 is 2.00 bits per heavy atom. The van der Waals surface area contributed by atoms with Gasteiger partial charge in [0, 0.05) is 17.8 Å². The molecule has 0 aliphatic heterocycles. The summed E-state index contributed by atoms with van der Waals surface area (Å²) in [5.41, 5.74) is 3.66. The highest BCUT2D eigenvalue weighted by atomic mass is 32.1. The molecule has 5 rings (SSSR count). The summed E-state index contributed by atoms with van der Waals surface area (Å²) in [6, 6.07) is 19.3. The Kier molecular flexibility index (Phi) is 4.33. The molecule has 0 N–H and O–H groups in total. The van der Waals surface area contributed by atoms with Gasteiger partial charge in [0.2, 0.25) is 0 Å². The van der Waals surface area contributed by atoms with E-state index in [9.17, 15) is 4.79 Å². The summed E-state index contributed by atoms with van der Waals surface area (Å²) in [5.74, 6) is 0.0753. The fourth-order valence-electron chi connectivity index (χ4n) is 3.26. The van der Waals surface area contributed by atoms with Crippen LogP contribution in [0.25, 0.3) is 21.2 Å². The van der Waals surface area contributed by atoms with Gasteiger partial charge in [0.15, 0.2) is 10.9 Å². The van der Waals surface area contributed by atoms with E-state index in [0.29, 0.717) is 23.0 Å². The smallest absolute Gasteiger partial charge is 0.296 e. The molecular weight excluding hydrogens is 382 g/mol. The van der Waals surface area contributed by atoms with Gasteiger partial charge in [-0.2, -0.15) is 0 Å². The highest BCUT2D eigenvalue weighted by molar-refractivity contribution is 7.22. The van der Waals surface area contributed by atoms with Crippen LogP contribution in [0, 0.1) is 6.92 Å². The van der Waals surface area contributed by atoms with E-state index in [4.69, 9.17) is 9.40 Å². The minimum atomic E-state index is -0.221. The van der Waals surface area contributed by atoms with Crippen LogP contribution in [0.2, 0.25) is 0 Å². The molecular formula is C23H17N3O2S. The maximum Gasteiger partial charge on any atom is 0.296 e. The SMILES string of the molecule is Cc1ccc2nc(N(Cc3cccnc3)C(=O)c3cc4ccccc4o3)sc2c1. The molecule has 2 aromatic carbocycles. The number of furan rings is 1. The zero-order valence-corrected chi connectivity index (χ0v) is 16.5. The lowest BCUT2D eigenvalue weighted by Gasteiger charge is -2.18. The number of hydrogen-bond acceptors (Lipinski definition) is 5. The van der Waals surface area contributed by atoms with Crippen molar-refractivity contribution in [2.24, 2.45) is 0 Å². The van der Waals surface area contributed by atoms with Crippen molar-refractivity contribution in [3.63, 3.8) is 0 Å². The number of anilines is 1. The second kappa shape index (κ2) is 7.14. The number of hydrogen-bond donors (Lipinski definition) is 0. The van der Waals surface area contributed by atoms with Crippen molar-refractivity contribution < 1.29 is 9.21 Å². The topological polar surface area (TPSA) is 59.2 Å². The van der Waals surface area contributed by atoms with Crippen molar-refractivity contribution in [2.45, 2.75) is 13.5 Å². The van der Waals surface area contributed by atoms with Gasteiger partial charge in [0.1, 0.15) is 5.58 Å². The second-order valence-electron chi connectivity index (χ2n) is 6.87. The number of fused-ring (bicyclic) bond motifs is 2. The van der Waals surface area contributed by atoms with E-state index in [-0.39, 0.29) is 5.91 Å². The molecule has 0 spiro atoms. The molecule has 5 nitrogen and oxygen atoms in total. The number of rotatable bonds is 4. The van der Waals surface area contributed by atoms with Gasteiger partial charge in [-0.25, -0.2) is 4.98 Å². The third kappa shape index (κ3) is 3.39. The van der Waals surface area contributed by atoms with E-state index in [2.05, 4.69) is 11.1 Å². The largest absolute Gasteiger partial charge is 0.451 e. The molecule has 0 atom stereocenters. The first-order chi connectivity index (χ1) is 14.2. The summed E-state index contributed by atoms with van der Waals surface area (Å²) in [5, 5.41) is 1.54. The number of aryl methyl sites for hydroxylation is 1. The number of carbonyl (C=O) groups is 1. The summed E-state index contributed by atoms with van der Waals surface area (Å²) in [4.78, 5) is 24.0. The van der Waals surface area contributed by atoms with Gasteiger partial charge in [-0.1, -0.05) is 41.7 Å². The van der Waals surface area contributed by atoms with Crippen molar-refractivity contribution in [1.82, 2.24) is 9.97 Å². The summed E-state index contributed by atoms with van der Waals surface area (Å²) >= 11 is 1.50. The van der Waals surface area contributed by atoms with Gasteiger partial charge in [-0.3, -0.25) is 14.7 Å². The van der Waals surface area contributed by atoms with Gasteiger partial charge < -0.3 is 4.42 Å². The van der Waals surface area contributed by atoms with Gasteiger partial charge in [-0.15, -0.1) is 0 Å². The Labute approximate surface area is 171 Å². The Hall–Kier alpha value is -3.51. The molecule has 0 saturated carbocycles. The highest BCUT2D eigenvalue weighted by Crippen LogP contribution is 2.32. The Morgan fingerprint density at radius 1 is 1.10 bits per heavy atom. The van der Waals surface area contributed by atoms with Crippen LogP contribution in [0.3, 0.4) is 0 Å². The van der Waals surface area contributed by atoms with Gasteiger partial charge in [0.05, 0.1) is 16.8 Å². The first-order valence-electron chi connectivity index (χ1n) is 9.24. The molecule has 142 valence electrons. The van der Waals surface area contributed by atoms with Crippen LogP contribution in [0.15, 0.2) is 77.5 Å². The number of nitrogens with zero attached hydrogens (tertiary/aromatic N) is 3. The Balaban J connectivity index is 1.59. The first-order valence-corrected chi connectivity index (χ1v) is 10.1. The molecule has 0 saturated heterocycles. The standard InChI is InChI=1S/C23H17N3O2S/c1-15-8-9-18-21(11-15)29-23(25-18)26(14-16-5-4-10-24-13-16)22(27)20-12-17-6-2-3-7-19(17)28-20/h2-13H,14H2,1H3. The summed E-state index contributed by atoms with van der Waals surface area (Å²) in [6.45, 7) is 2.41. The molecule has 0 unspecified atom stereocenters. The predicted octanol–water partition coefficient (Wildman–Crippen LogP) is 5.59. The van der Waals surface area contributed by atoms with Gasteiger partial charge >= 0.3 is 0 Å². The molecule has 6 heteroatoms. The van der Waals surface area contributed by atoms with Crippen molar-refractivity contribution >= 4 is 43.6 Å². The van der Waals surface area contributed by atoms with Crippen LogP contribution in [0.4, 0.5) is 5.13 Å². The lowest BCUT2D eigenvalue weighted by molar-refractivity contribution is 0.0960. The average Bonchev–Trinajstić information content (AvgIpc) is 3.36. The maximum absolute atomic E-state index is 13.4. The molecule has 3 aromatic heterocycles. The molecule has 0 aliphatic carbocycles. The van der Waals surface area contributed by atoms with Crippen LogP contribution in [-0.4, -0.2) is 15.9 Å². The van der Waals surface area contributed by atoms with Crippen LogP contribution in [-0.2, 0) is 6.54 Å². The molecule has 29 heavy (non-hydrogen) atoms. The molecule has 5 aromatic rings. The molecule has 0 aliphatic rings. The summed E-state index contributed by atoms with van der Waals surface area (Å²) in [7, 11) is 0. The highest BCUT2D eigenvalue weighted by Gasteiger charge is 2.25. The monoisotopic (exact) mass is 399 g/mol. The maximum atomic E-state index is 13.4. The molecule has 3 heterocycles. The number of carbonyl (C=O) groups excluding carboxylic acids is 1. The van der Waals surface area contributed by atoms with E-state index in [1.54, 1.807) is 23.4 Å². The van der Waals surface area contributed by atoms with E-state index in [1.165, 1.54) is 11.3 Å². The first kappa shape index (κ1) is 17.6. The minimum absolute atomic E-state index is 0.221. The normalized spacial score (nSPS) is 11.2. The van der Waals surface area contributed by atoms with Crippen LogP contribution in [0.5, 0.6) is 0 Å². The third-order valence-electron chi connectivity index (χ3n) is 4.71. The van der Waals surface area contributed by atoms with Crippen LogP contribution < -0.4 is 4.90 Å². The van der Waals surface area contributed by atoms with Crippen molar-refractivity contribution in [3.05, 3.63) is 89.9 Å². The van der Waals surface area contributed by atoms with Crippen molar-refractivity contribution in [3.8, 4) is 0 Å². The summed E-state index contributed by atoms with van der Waals surface area (Å²) < 4.78 is 6.88.